The Hall–Kier alpha value is -4.42. The number of halogens is 3. The number of nitrogens with two attached hydrogens (primary N) is 1. The number of rotatable bonds is 5. The van der Waals surface area contributed by atoms with Gasteiger partial charge in [-0.2, -0.15) is 18.3 Å². The minimum absolute atomic E-state index is 0.0372. The van der Waals surface area contributed by atoms with Gasteiger partial charge in [0.2, 0.25) is 5.95 Å². The molecule has 0 radical (unpaired) electrons. The van der Waals surface area contributed by atoms with Crippen LogP contribution in [-0.4, -0.2) is 50.6 Å². The number of amides is 1. The van der Waals surface area contributed by atoms with Crippen LogP contribution in [0.2, 0.25) is 0 Å². The Labute approximate surface area is 217 Å². The molecule has 0 atom stereocenters. The van der Waals surface area contributed by atoms with Gasteiger partial charge in [-0.1, -0.05) is 26.0 Å². The van der Waals surface area contributed by atoms with E-state index in [0.29, 0.717) is 16.9 Å². The molecule has 0 spiro atoms. The molecule has 1 aromatic carbocycles. The fraction of sp³-hybridized carbons (Fsp3) is 0.320. The molecular formula is C25H30F3N9O. The van der Waals surface area contributed by atoms with Gasteiger partial charge in [0.1, 0.15) is 17.5 Å². The van der Waals surface area contributed by atoms with Gasteiger partial charge in [-0.3, -0.25) is 4.79 Å². The highest BCUT2D eigenvalue weighted by Crippen LogP contribution is 2.33. The number of alkyl halides is 3. The van der Waals surface area contributed by atoms with Crippen LogP contribution in [-0.2, 0) is 6.18 Å². The summed E-state index contributed by atoms with van der Waals surface area (Å²) in [5.41, 5.74) is 8.98. The standard InChI is InChI=1S/C17H18N6O.C6H6F3N3.C2H6/c1-19-11-4-2-10(3-5-11)14-13(17(24)22-12-6-7-12)8-23-15(14)16(18)20-9-21-23;1-10-5-11-3-2-4(12-5)6(7,8)9;1-2/h2-5,8-9,12,19H,6-7H2,1H3,(H,22,24)(H2,18,20,21);2-3H,1H3,(H,10,11,12);1-2H3. The Kier molecular flexibility index (Phi) is 9.05. The van der Waals surface area contributed by atoms with Gasteiger partial charge in [0.25, 0.3) is 5.91 Å². The van der Waals surface area contributed by atoms with Crippen molar-refractivity contribution >= 4 is 28.9 Å². The van der Waals surface area contributed by atoms with Crippen molar-refractivity contribution in [2.45, 2.75) is 38.9 Å². The van der Waals surface area contributed by atoms with E-state index in [1.165, 1.54) is 13.4 Å². The molecule has 4 aromatic rings. The second kappa shape index (κ2) is 12.2. The van der Waals surface area contributed by atoms with Crippen LogP contribution in [0.15, 0.2) is 49.1 Å². The highest BCUT2D eigenvalue weighted by Gasteiger charge is 2.32. The monoisotopic (exact) mass is 529 g/mol. The number of anilines is 3. The smallest absolute Gasteiger partial charge is 0.388 e. The lowest BCUT2D eigenvalue weighted by Crippen LogP contribution is -2.25. The van der Waals surface area contributed by atoms with Crippen molar-refractivity contribution in [2.24, 2.45) is 0 Å². The van der Waals surface area contributed by atoms with Gasteiger partial charge in [-0.05, 0) is 36.6 Å². The number of aromatic nitrogens is 5. The van der Waals surface area contributed by atoms with E-state index >= 15 is 0 Å². The van der Waals surface area contributed by atoms with Gasteiger partial charge in [0.05, 0.1) is 5.56 Å². The summed E-state index contributed by atoms with van der Waals surface area (Å²) < 4.78 is 37.6. The third-order valence-electron chi connectivity index (χ3n) is 5.39. The Balaban J connectivity index is 0.000000242. The minimum Gasteiger partial charge on any atom is -0.388 e. The second-order valence-electron chi connectivity index (χ2n) is 7.94. The molecule has 1 amide bonds. The number of hydrogen-bond donors (Lipinski definition) is 4. The van der Waals surface area contributed by atoms with Gasteiger partial charge in [0.15, 0.2) is 5.82 Å². The molecule has 202 valence electrons. The summed E-state index contributed by atoms with van der Waals surface area (Å²) >= 11 is 0. The highest BCUT2D eigenvalue weighted by molar-refractivity contribution is 6.07. The molecule has 0 unspecified atom stereocenters. The van der Waals surface area contributed by atoms with E-state index in [1.54, 1.807) is 10.7 Å². The van der Waals surface area contributed by atoms with E-state index in [9.17, 15) is 18.0 Å². The van der Waals surface area contributed by atoms with Crippen molar-refractivity contribution < 1.29 is 18.0 Å². The van der Waals surface area contributed by atoms with Gasteiger partial charge < -0.3 is 21.7 Å². The van der Waals surface area contributed by atoms with Gasteiger partial charge in [-0.15, -0.1) is 0 Å². The maximum absolute atomic E-state index is 12.7. The quantitative estimate of drug-likeness (QED) is 0.297. The fourth-order valence-electron chi connectivity index (χ4n) is 3.43. The summed E-state index contributed by atoms with van der Waals surface area (Å²) in [6.07, 6.45) is 1.82. The van der Waals surface area contributed by atoms with Crippen LogP contribution in [0.1, 0.15) is 42.7 Å². The largest absolute Gasteiger partial charge is 0.433 e. The lowest BCUT2D eigenvalue weighted by atomic mass is 10.0. The minimum atomic E-state index is -4.41. The molecule has 0 saturated heterocycles. The summed E-state index contributed by atoms with van der Waals surface area (Å²) in [6.45, 7) is 4.00. The normalized spacial score (nSPS) is 12.5. The van der Waals surface area contributed by atoms with E-state index in [-0.39, 0.29) is 17.9 Å². The van der Waals surface area contributed by atoms with Crippen molar-refractivity contribution in [2.75, 3.05) is 30.5 Å². The molecule has 1 fully saturated rings. The van der Waals surface area contributed by atoms with Gasteiger partial charge >= 0.3 is 6.18 Å². The molecule has 13 heteroatoms. The number of nitrogen functional groups attached to an aromatic ring is 1. The average molecular weight is 530 g/mol. The zero-order valence-electron chi connectivity index (χ0n) is 21.5. The van der Waals surface area contributed by atoms with E-state index in [4.69, 9.17) is 5.73 Å². The van der Waals surface area contributed by atoms with Crippen LogP contribution < -0.4 is 21.7 Å². The number of fused-ring (bicyclic) bond motifs is 1. The van der Waals surface area contributed by atoms with Crippen molar-refractivity contribution in [3.8, 4) is 11.1 Å². The first-order valence-electron chi connectivity index (χ1n) is 12.0. The Morgan fingerprint density at radius 1 is 1.05 bits per heavy atom. The van der Waals surface area contributed by atoms with Crippen LogP contribution >= 0.6 is 0 Å². The van der Waals surface area contributed by atoms with Crippen LogP contribution in [0.4, 0.5) is 30.6 Å². The number of benzene rings is 1. The lowest BCUT2D eigenvalue weighted by molar-refractivity contribution is -0.141. The first kappa shape index (κ1) is 28.2. The summed E-state index contributed by atoms with van der Waals surface area (Å²) in [6, 6.07) is 8.94. The van der Waals surface area contributed by atoms with E-state index in [1.807, 2.05) is 45.2 Å². The number of carbonyl (C=O) groups is 1. The average Bonchev–Trinajstić information content (AvgIpc) is 3.65. The number of hydrogen-bond acceptors (Lipinski definition) is 8. The van der Waals surface area contributed by atoms with Crippen molar-refractivity contribution in [3.05, 3.63) is 60.3 Å². The maximum atomic E-state index is 12.7. The molecule has 5 N–H and O–H groups in total. The highest BCUT2D eigenvalue weighted by atomic mass is 19.4. The fourth-order valence-corrected chi connectivity index (χ4v) is 3.43. The molecule has 10 nitrogen and oxygen atoms in total. The summed E-state index contributed by atoms with van der Waals surface area (Å²) in [4.78, 5) is 23.5. The predicted octanol–water partition coefficient (Wildman–Crippen LogP) is 4.48. The molecule has 0 bridgehead atoms. The topological polar surface area (TPSA) is 135 Å². The van der Waals surface area contributed by atoms with E-state index in [2.05, 4.69) is 36.0 Å². The Bertz CT molecular complexity index is 1370. The molecule has 3 heterocycles. The lowest BCUT2D eigenvalue weighted by Gasteiger charge is -2.08. The first-order chi connectivity index (χ1) is 18.2. The third kappa shape index (κ3) is 6.66. The molecule has 1 aliphatic carbocycles. The van der Waals surface area contributed by atoms with Crippen molar-refractivity contribution in [1.29, 1.82) is 0 Å². The van der Waals surface area contributed by atoms with Crippen molar-refractivity contribution in [1.82, 2.24) is 29.9 Å². The molecular weight excluding hydrogens is 499 g/mol. The summed E-state index contributed by atoms with van der Waals surface area (Å²) in [5, 5.41) is 12.7. The van der Waals surface area contributed by atoms with E-state index in [0.717, 1.165) is 41.9 Å². The van der Waals surface area contributed by atoms with Crippen LogP contribution in [0.5, 0.6) is 0 Å². The maximum Gasteiger partial charge on any atom is 0.433 e. The Morgan fingerprint density at radius 2 is 1.74 bits per heavy atom. The predicted molar refractivity (Wildman–Crippen MR) is 141 cm³/mol. The Morgan fingerprint density at radius 3 is 2.32 bits per heavy atom. The number of carbonyl (C=O) groups excluding carboxylic acids is 1. The van der Waals surface area contributed by atoms with Gasteiger partial charge in [-0.25, -0.2) is 19.5 Å². The molecule has 5 rings (SSSR count). The molecule has 3 aromatic heterocycles. The van der Waals surface area contributed by atoms with Crippen LogP contribution in [0.3, 0.4) is 0 Å². The zero-order valence-corrected chi connectivity index (χ0v) is 21.5. The second-order valence-corrected chi connectivity index (χ2v) is 7.94. The SMILES string of the molecule is CC.CNc1ccc(-c2c(C(=O)NC3CC3)cn3ncnc(N)c23)cc1.CNc1nccc(C(F)(F)F)n1. The first-order valence-corrected chi connectivity index (χ1v) is 12.0. The zero-order chi connectivity index (χ0) is 27.9. The van der Waals surface area contributed by atoms with Crippen molar-refractivity contribution in [3.63, 3.8) is 0 Å². The van der Waals surface area contributed by atoms with Gasteiger partial charge in [0, 0.05) is 43.8 Å². The summed E-state index contributed by atoms with van der Waals surface area (Å²) in [7, 11) is 3.32. The van der Waals surface area contributed by atoms with E-state index < -0.39 is 11.9 Å². The molecule has 1 aliphatic rings. The number of nitrogens with one attached hydrogen (secondary N) is 3. The van der Waals surface area contributed by atoms with Crippen LogP contribution in [0, 0.1) is 0 Å². The summed E-state index contributed by atoms with van der Waals surface area (Å²) in [5.74, 6) is 0.211. The number of nitrogens with zero attached hydrogens (tertiary/aromatic N) is 5. The molecule has 38 heavy (non-hydrogen) atoms. The third-order valence-corrected chi connectivity index (χ3v) is 5.39. The molecule has 0 aliphatic heterocycles. The van der Waals surface area contributed by atoms with Crippen LogP contribution in [0.25, 0.3) is 16.6 Å². The molecule has 1 saturated carbocycles.